The van der Waals surface area contributed by atoms with Crippen LogP contribution in [0, 0.1) is 6.92 Å². The molecule has 0 N–H and O–H groups in total. The molecule has 1 aliphatic heterocycles. The van der Waals surface area contributed by atoms with Crippen molar-refractivity contribution in [2.75, 3.05) is 26.3 Å². The maximum Gasteiger partial charge on any atom is 0.254 e. The first kappa shape index (κ1) is 19.9. The number of sulfonamides is 1. The van der Waals surface area contributed by atoms with Crippen LogP contribution in [0.3, 0.4) is 0 Å². The average molecular weight is 368 g/mol. The summed E-state index contributed by atoms with van der Waals surface area (Å²) >= 11 is 0. The summed E-state index contributed by atoms with van der Waals surface area (Å²) in [4.78, 5) is 14.9. The Balaban J connectivity index is 2.42. The largest absolute Gasteiger partial charge is 0.379 e. The van der Waals surface area contributed by atoms with Gasteiger partial charge in [-0.2, -0.15) is 4.31 Å². The van der Waals surface area contributed by atoms with Gasteiger partial charge in [0.05, 0.1) is 18.1 Å². The van der Waals surface area contributed by atoms with E-state index in [1.807, 2.05) is 34.6 Å². The molecule has 0 saturated carbocycles. The lowest BCUT2D eigenvalue weighted by Crippen LogP contribution is -2.42. The first-order valence-corrected chi connectivity index (χ1v) is 10.1. The highest BCUT2D eigenvalue weighted by Gasteiger charge is 2.29. The molecule has 140 valence electrons. The van der Waals surface area contributed by atoms with Crippen LogP contribution in [0.2, 0.25) is 0 Å². The minimum Gasteiger partial charge on any atom is -0.379 e. The van der Waals surface area contributed by atoms with Gasteiger partial charge in [-0.25, -0.2) is 8.42 Å². The Kier molecular flexibility index (Phi) is 6.24. The van der Waals surface area contributed by atoms with Crippen LogP contribution in [-0.4, -0.2) is 61.9 Å². The summed E-state index contributed by atoms with van der Waals surface area (Å²) in [5.74, 6) is -0.137. The number of hydrogen-bond donors (Lipinski definition) is 0. The molecule has 0 bridgehead atoms. The highest BCUT2D eigenvalue weighted by Crippen LogP contribution is 2.23. The number of carbonyl (C=O) groups is 1. The topological polar surface area (TPSA) is 66.9 Å². The van der Waals surface area contributed by atoms with Gasteiger partial charge in [-0.1, -0.05) is 6.07 Å². The molecular weight excluding hydrogens is 340 g/mol. The molecular formula is C18H28N2O4S. The van der Waals surface area contributed by atoms with Gasteiger partial charge in [0, 0.05) is 30.7 Å². The van der Waals surface area contributed by atoms with Gasteiger partial charge in [-0.15, -0.1) is 0 Å². The van der Waals surface area contributed by atoms with Crippen LogP contribution < -0.4 is 0 Å². The first-order chi connectivity index (χ1) is 11.7. The molecule has 0 aliphatic carbocycles. The fourth-order valence-electron chi connectivity index (χ4n) is 3.13. The van der Waals surface area contributed by atoms with Crippen LogP contribution in [0.5, 0.6) is 0 Å². The second-order valence-corrected chi connectivity index (χ2v) is 8.83. The minimum atomic E-state index is -3.62. The predicted octanol–water partition coefficient (Wildman–Crippen LogP) is 2.27. The van der Waals surface area contributed by atoms with Gasteiger partial charge in [0.2, 0.25) is 10.0 Å². The lowest BCUT2D eigenvalue weighted by molar-refractivity contribution is 0.0642. The van der Waals surface area contributed by atoms with Crippen LogP contribution in [0.25, 0.3) is 0 Å². The van der Waals surface area contributed by atoms with Gasteiger partial charge in [-0.3, -0.25) is 4.79 Å². The van der Waals surface area contributed by atoms with E-state index < -0.39 is 10.0 Å². The zero-order valence-corrected chi connectivity index (χ0v) is 16.5. The van der Waals surface area contributed by atoms with Crippen molar-refractivity contribution < 1.29 is 17.9 Å². The monoisotopic (exact) mass is 368 g/mol. The number of morpholine rings is 1. The Bertz CT molecular complexity index is 715. The van der Waals surface area contributed by atoms with Crippen molar-refractivity contribution in [2.24, 2.45) is 0 Å². The number of ether oxygens (including phenoxy) is 1. The zero-order valence-electron chi connectivity index (χ0n) is 15.7. The molecule has 1 aromatic carbocycles. The van der Waals surface area contributed by atoms with Crippen LogP contribution in [0.4, 0.5) is 0 Å². The van der Waals surface area contributed by atoms with Crippen molar-refractivity contribution in [3.05, 3.63) is 29.3 Å². The van der Waals surface area contributed by atoms with Gasteiger partial charge < -0.3 is 9.64 Å². The maximum atomic E-state index is 13.0. The predicted molar refractivity (Wildman–Crippen MR) is 97.2 cm³/mol. The molecule has 0 atom stereocenters. The van der Waals surface area contributed by atoms with Gasteiger partial charge >= 0.3 is 0 Å². The molecule has 1 aliphatic rings. The Hall–Kier alpha value is -1.44. The van der Waals surface area contributed by atoms with Crippen molar-refractivity contribution in [1.29, 1.82) is 0 Å². The molecule has 0 radical (unpaired) electrons. The number of benzene rings is 1. The second kappa shape index (κ2) is 7.85. The molecule has 0 aromatic heterocycles. The van der Waals surface area contributed by atoms with Crippen LogP contribution in [-0.2, 0) is 14.8 Å². The SMILES string of the molecule is Cc1ccc(S(=O)(=O)N2CCOCC2)cc1C(=O)N(C(C)C)C(C)C. The molecule has 25 heavy (non-hydrogen) atoms. The summed E-state index contributed by atoms with van der Waals surface area (Å²) in [5.41, 5.74) is 1.22. The minimum absolute atomic E-state index is 0.0337. The van der Waals surface area contributed by atoms with Crippen molar-refractivity contribution in [1.82, 2.24) is 9.21 Å². The maximum absolute atomic E-state index is 13.0. The summed E-state index contributed by atoms with van der Waals surface area (Å²) in [6.07, 6.45) is 0. The highest BCUT2D eigenvalue weighted by molar-refractivity contribution is 7.89. The molecule has 7 heteroatoms. The van der Waals surface area contributed by atoms with Crippen molar-refractivity contribution >= 4 is 15.9 Å². The van der Waals surface area contributed by atoms with E-state index in [2.05, 4.69) is 0 Å². The van der Waals surface area contributed by atoms with Crippen LogP contribution >= 0.6 is 0 Å². The lowest BCUT2D eigenvalue weighted by atomic mass is 10.1. The smallest absolute Gasteiger partial charge is 0.254 e. The van der Waals surface area contributed by atoms with Crippen LogP contribution in [0.15, 0.2) is 23.1 Å². The third-order valence-corrected chi connectivity index (χ3v) is 6.29. The van der Waals surface area contributed by atoms with E-state index >= 15 is 0 Å². The van der Waals surface area contributed by atoms with E-state index in [0.29, 0.717) is 31.9 Å². The molecule has 1 saturated heterocycles. The fraction of sp³-hybridized carbons (Fsp3) is 0.611. The zero-order chi connectivity index (χ0) is 18.8. The summed E-state index contributed by atoms with van der Waals surface area (Å²) < 4.78 is 32.4. The first-order valence-electron chi connectivity index (χ1n) is 8.67. The standard InChI is InChI=1S/C18H28N2O4S/c1-13(2)20(14(3)4)18(21)17-12-16(7-6-15(17)5)25(22,23)19-8-10-24-11-9-19/h6-7,12-14H,8-11H2,1-5H3. The van der Waals surface area contributed by atoms with E-state index in [9.17, 15) is 13.2 Å². The van der Waals surface area contributed by atoms with E-state index in [1.165, 1.54) is 10.4 Å². The molecule has 1 amide bonds. The van der Waals surface area contributed by atoms with Crippen molar-refractivity contribution in [2.45, 2.75) is 51.6 Å². The van der Waals surface area contributed by atoms with Gasteiger partial charge in [-0.05, 0) is 52.3 Å². The van der Waals surface area contributed by atoms with E-state index in [4.69, 9.17) is 4.74 Å². The van der Waals surface area contributed by atoms with Crippen molar-refractivity contribution in [3.63, 3.8) is 0 Å². The molecule has 1 aromatic rings. The summed E-state index contributed by atoms with van der Waals surface area (Å²) in [5, 5.41) is 0. The van der Waals surface area contributed by atoms with Crippen LogP contribution in [0.1, 0.15) is 43.6 Å². The Morgan fingerprint density at radius 1 is 1.12 bits per heavy atom. The number of hydrogen-bond acceptors (Lipinski definition) is 4. The number of amides is 1. The number of aryl methyl sites for hydroxylation is 1. The Morgan fingerprint density at radius 3 is 2.20 bits per heavy atom. The number of rotatable bonds is 5. The normalized spacial score (nSPS) is 16.4. The van der Waals surface area contributed by atoms with Crippen molar-refractivity contribution in [3.8, 4) is 0 Å². The summed E-state index contributed by atoms with van der Waals surface area (Å²) in [7, 11) is -3.62. The average Bonchev–Trinajstić information content (AvgIpc) is 2.55. The number of nitrogens with zero attached hydrogens (tertiary/aromatic N) is 2. The second-order valence-electron chi connectivity index (χ2n) is 6.89. The third kappa shape index (κ3) is 4.22. The Labute approximate surface area is 150 Å². The molecule has 0 unspecified atom stereocenters. The molecule has 6 nitrogen and oxygen atoms in total. The Morgan fingerprint density at radius 2 is 1.68 bits per heavy atom. The van der Waals surface area contributed by atoms with Gasteiger partial charge in [0.1, 0.15) is 0 Å². The quantitative estimate of drug-likeness (QED) is 0.800. The summed E-state index contributed by atoms with van der Waals surface area (Å²) in [6, 6.07) is 4.86. The summed E-state index contributed by atoms with van der Waals surface area (Å²) in [6.45, 7) is 11.1. The highest BCUT2D eigenvalue weighted by atomic mass is 32.2. The lowest BCUT2D eigenvalue weighted by Gasteiger charge is -2.31. The van der Waals surface area contributed by atoms with E-state index in [-0.39, 0.29) is 22.9 Å². The fourth-order valence-corrected chi connectivity index (χ4v) is 4.57. The van der Waals surface area contributed by atoms with E-state index in [1.54, 1.807) is 17.0 Å². The third-order valence-electron chi connectivity index (χ3n) is 4.39. The molecule has 1 heterocycles. The molecule has 2 rings (SSSR count). The van der Waals surface area contributed by atoms with E-state index in [0.717, 1.165) is 5.56 Å². The number of carbonyl (C=O) groups excluding carboxylic acids is 1. The van der Waals surface area contributed by atoms with Gasteiger partial charge in [0.25, 0.3) is 5.91 Å². The molecule has 0 spiro atoms. The van der Waals surface area contributed by atoms with Gasteiger partial charge in [0.15, 0.2) is 0 Å². The molecule has 1 fully saturated rings.